The molecule has 3 nitrogen and oxygen atoms in total. The van der Waals surface area contributed by atoms with Gasteiger partial charge < -0.3 is 4.90 Å². The van der Waals surface area contributed by atoms with Crippen LogP contribution in [0.15, 0.2) is 24.3 Å². The van der Waals surface area contributed by atoms with Crippen LogP contribution in [0.1, 0.15) is 57.7 Å². The second-order valence-corrected chi connectivity index (χ2v) is 6.25. The number of hydrogen-bond donors (Lipinski definition) is 1. The average molecular weight is 290 g/mol. The summed E-state index contributed by atoms with van der Waals surface area (Å²) in [6.45, 7) is 4.26. The zero-order chi connectivity index (χ0) is 15.0. The molecule has 0 bridgehead atoms. The molecule has 1 spiro atoms. The van der Waals surface area contributed by atoms with E-state index in [1.165, 1.54) is 12.1 Å². The highest BCUT2D eigenvalue weighted by molar-refractivity contribution is 5.92. The van der Waals surface area contributed by atoms with E-state index in [2.05, 4.69) is 19.2 Å². The highest BCUT2D eigenvalue weighted by atomic mass is 19.1. The van der Waals surface area contributed by atoms with Gasteiger partial charge in [0.05, 0.1) is 0 Å². The van der Waals surface area contributed by atoms with Crippen molar-refractivity contribution in [2.45, 2.75) is 63.7 Å². The third kappa shape index (κ3) is 2.46. The SMILES string of the molecule is CCCC(CC)N1C(=O)C2(CC2)NC1c1cccc(F)c1. The van der Waals surface area contributed by atoms with E-state index in [1.807, 2.05) is 11.0 Å². The van der Waals surface area contributed by atoms with Crippen LogP contribution >= 0.6 is 0 Å². The van der Waals surface area contributed by atoms with Crippen molar-refractivity contribution in [3.63, 3.8) is 0 Å². The third-order valence-corrected chi connectivity index (χ3v) is 4.74. The summed E-state index contributed by atoms with van der Waals surface area (Å²) < 4.78 is 13.6. The standard InChI is InChI=1S/C17H23FN2O/c1-3-6-14(4-2)20-15(12-7-5-8-13(18)11-12)19-17(9-10-17)16(20)21/h5,7-8,11,14-15,19H,3-4,6,9-10H2,1-2H3. The molecule has 3 rings (SSSR count). The molecule has 4 heteroatoms. The zero-order valence-corrected chi connectivity index (χ0v) is 12.7. The molecule has 114 valence electrons. The smallest absolute Gasteiger partial charge is 0.244 e. The van der Waals surface area contributed by atoms with Crippen LogP contribution in [0.5, 0.6) is 0 Å². The molecule has 1 aromatic rings. The maximum absolute atomic E-state index is 13.6. The topological polar surface area (TPSA) is 32.3 Å². The number of amides is 1. The Balaban J connectivity index is 1.94. The van der Waals surface area contributed by atoms with Crippen molar-refractivity contribution in [1.29, 1.82) is 0 Å². The van der Waals surface area contributed by atoms with Gasteiger partial charge in [0.1, 0.15) is 17.5 Å². The lowest BCUT2D eigenvalue weighted by Crippen LogP contribution is -2.40. The summed E-state index contributed by atoms with van der Waals surface area (Å²) in [5.74, 6) is -0.0425. The van der Waals surface area contributed by atoms with E-state index in [4.69, 9.17) is 0 Å². The average Bonchev–Trinajstić information content (AvgIpc) is 3.20. The largest absolute Gasteiger partial charge is 0.318 e. The predicted octanol–water partition coefficient (Wildman–Crippen LogP) is 3.37. The maximum Gasteiger partial charge on any atom is 0.244 e. The minimum Gasteiger partial charge on any atom is -0.318 e. The molecule has 1 amide bonds. The van der Waals surface area contributed by atoms with E-state index in [0.29, 0.717) is 0 Å². The summed E-state index contributed by atoms with van der Waals surface area (Å²) in [5.41, 5.74) is 0.486. The molecule has 2 fully saturated rings. The predicted molar refractivity (Wildman–Crippen MR) is 80.1 cm³/mol. The number of carbonyl (C=O) groups excluding carboxylic acids is 1. The van der Waals surface area contributed by atoms with Crippen molar-refractivity contribution < 1.29 is 9.18 Å². The molecule has 2 aliphatic rings. The lowest BCUT2D eigenvalue weighted by Gasteiger charge is -2.32. The maximum atomic E-state index is 13.6. The number of benzene rings is 1. The van der Waals surface area contributed by atoms with E-state index < -0.39 is 0 Å². The summed E-state index contributed by atoms with van der Waals surface area (Å²) >= 11 is 0. The van der Waals surface area contributed by atoms with Crippen LogP contribution in [0.4, 0.5) is 4.39 Å². The van der Waals surface area contributed by atoms with Gasteiger partial charge in [-0.15, -0.1) is 0 Å². The molecule has 21 heavy (non-hydrogen) atoms. The first-order valence-corrected chi connectivity index (χ1v) is 7.97. The molecule has 2 unspecified atom stereocenters. The number of halogens is 1. The Morgan fingerprint density at radius 2 is 2.19 bits per heavy atom. The molecular weight excluding hydrogens is 267 g/mol. The van der Waals surface area contributed by atoms with Gasteiger partial charge in [0.2, 0.25) is 5.91 Å². The van der Waals surface area contributed by atoms with Crippen LogP contribution in [0.2, 0.25) is 0 Å². The molecular formula is C17H23FN2O. The number of rotatable bonds is 5. The van der Waals surface area contributed by atoms with Crippen molar-refractivity contribution >= 4 is 5.91 Å². The Labute approximate surface area is 125 Å². The van der Waals surface area contributed by atoms with Crippen molar-refractivity contribution in [2.75, 3.05) is 0 Å². The first-order valence-electron chi connectivity index (χ1n) is 7.97. The van der Waals surface area contributed by atoms with Gasteiger partial charge in [-0.05, 0) is 43.4 Å². The molecule has 1 N–H and O–H groups in total. The van der Waals surface area contributed by atoms with Gasteiger partial charge in [0.15, 0.2) is 0 Å². The summed E-state index contributed by atoms with van der Waals surface area (Å²) in [4.78, 5) is 14.8. The normalized spacial score (nSPS) is 24.6. The fourth-order valence-corrected chi connectivity index (χ4v) is 3.41. The molecule has 1 aliphatic carbocycles. The summed E-state index contributed by atoms with van der Waals surface area (Å²) in [7, 11) is 0. The quantitative estimate of drug-likeness (QED) is 0.901. The molecule has 0 aromatic heterocycles. The van der Waals surface area contributed by atoms with E-state index in [0.717, 1.165) is 37.7 Å². The van der Waals surface area contributed by atoms with Crippen LogP contribution in [0.3, 0.4) is 0 Å². The van der Waals surface area contributed by atoms with Crippen molar-refractivity contribution in [3.8, 4) is 0 Å². The third-order valence-electron chi connectivity index (χ3n) is 4.74. The fraction of sp³-hybridized carbons (Fsp3) is 0.588. The van der Waals surface area contributed by atoms with Gasteiger partial charge in [-0.2, -0.15) is 0 Å². The highest BCUT2D eigenvalue weighted by Crippen LogP contribution is 2.47. The van der Waals surface area contributed by atoms with E-state index in [1.54, 1.807) is 6.07 Å². The lowest BCUT2D eigenvalue weighted by atomic mass is 10.0. The zero-order valence-electron chi connectivity index (χ0n) is 12.7. The van der Waals surface area contributed by atoms with Gasteiger partial charge in [-0.1, -0.05) is 32.4 Å². The van der Waals surface area contributed by atoms with Crippen molar-refractivity contribution in [2.24, 2.45) is 0 Å². The minimum absolute atomic E-state index is 0.188. The van der Waals surface area contributed by atoms with Gasteiger partial charge >= 0.3 is 0 Å². The number of carbonyl (C=O) groups is 1. The van der Waals surface area contributed by atoms with Crippen LogP contribution in [-0.2, 0) is 4.79 Å². The van der Waals surface area contributed by atoms with E-state index in [9.17, 15) is 9.18 Å². The van der Waals surface area contributed by atoms with Gasteiger partial charge in [-0.25, -0.2) is 4.39 Å². The molecule has 1 aromatic carbocycles. The molecule has 1 saturated heterocycles. The minimum atomic E-state index is -0.363. The Kier molecular flexibility index (Phi) is 3.74. The summed E-state index contributed by atoms with van der Waals surface area (Å²) in [6, 6.07) is 6.83. The van der Waals surface area contributed by atoms with E-state index >= 15 is 0 Å². The van der Waals surface area contributed by atoms with Crippen LogP contribution in [0, 0.1) is 5.82 Å². The highest BCUT2D eigenvalue weighted by Gasteiger charge is 2.60. The Morgan fingerprint density at radius 1 is 1.43 bits per heavy atom. The fourth-order valence-electron chi connectivity index (χ4n) is 3.41. The Morgan fingerprint density at radius 3 is 2.76 bits per heavy atom. The van der Waals surface area contributed by atoms with Crippen LogP contribution in [-0.4, -0.2) is 22.4 Å². The summed E-state index contributed by atoms with van der Waals surface area (Å²) in [5, 5.41) is 3.47. The second-order valence-electron chi connectivity index (χ2n) is 6.25. The molecule has 0 radical (unpaired) electrons. The van der Waals surface area contributed by atoms with Gasteiger partial charge in [0, 0.05) is 6.04 Å². The number of hydrogen-bond acceptors (Lipinski definition) is 2. The number of nitrogens with zero attached hydrogens (tertiary/aromatic N) is 1. The second kappa shape index (κ2) is 5.41. The van der Waals surface area contributed by atoms with Gasteiger partial charge in [-0.3, -0.25) is 10.1 Å². The number of nitrogens with one attached hydrogen (secondary N) is 1. The van der Waals surface area contributed by atoms with Crippen LogP contribution in [0.25, 0.3) is 0 Å². The lowest BCUT2D eigenvalue weighted by molar-refractivity contribution is -0.133. The van der Waals surface area contributed by atoms with Gasteiger partial charge in [0.25, 0.3) is 0 Å². The van der Waals surface area contributed by atoms with E-state index in [-0.39, 0.29) is 29.5 Å². The Bertz CT molecular complexity index is 541. The Hall–Kier alpha value is -1.42. The molecule has 1 saturated carbocycles. The molecule has 2 atom stereocenters. The summed E-state index contributed by atoms with van der Waals surface area (Å²) in [6.07, 6.45) is 4.58. The molecule has 1 heterocycles. The van der Waals surface area contributed by atoms with Crippen molar-refractivity contribution in [1.82, 2.24) is 10.2 Å². The molecule has 1 aliphatic heterocycles. The van der Waals surface area contributed by atoms with Crippen LogP contribution < -0.4 is 5.32 Å². The van der Waals surface area contributed by atoms with Crippen molar-refractivity contribution in [3.05, 3.63) is 35.6 Å². The monoisotopic (exact) mass is 290 g/mol. The first kappa shape index (κ1) is 14.5. The first-order chi connectivity index (χ1) is 10.1.